The van der Waals surface area contributed by atoms with Crippen molar-refractivity contribution >= 4 is 15.9 Å². The van der Waals surface area contributed by atoms with Gasteiger partial charge in [-0.25, -0.2) is 17.2 Å². The fourth-order valence-electron chi connectivity index (χ4n) is 2.63. The van der Waals surface area contributed by atoms with Crippen molar-refractivity contribution in [2.75, 3.05) is 39.4 Å². The van der Waals surface area contributed by atoms with Crippen LogP contribution in [0.15, 0.2) is 35.1 Å². The third kappa shape index (κ3) is 3.45. The topological polar surface area (TPSA) is 76.2 Å². The monoisotopic (exact) mass is 374 g/mol. The fraction of sp³-hybridized carbons (Fsp3) is 0.400. The predicted octanol–water partition coefficient (Wildman–Crippen LogP) is 0.686. The minimum Gasteiger partial charge on any atom is -0.494 e. The van der Waals surface area contributed by atoms with Gasteiger partial charge in [0.1, 0.15) is 31.1 Å². The number of carbonyl (C=O) groups is 1. The van der Waals surface area contributed by atoms with Crippen LogP contribution in [0.2, 0.25) is 0 Å². The molecule has 0 bridgehead atoms. The fourth-order valence-corrected chi connectivity index (χ4v) is 4.16. The van der Waals surface area contributed by atoms with E-state index in [4.69, 9.17) is 9.47 Å². The van der Waals surface area contributed by atoms with Gasteiger partial charge in [0.15, 0.2) is 4.90 Å². The molecule has 1 aromatic rings. The lowest BCUT2D eigenvalue weighted by atomic mass is 10.3. The van der Waals surface area contributed by atoms with Crippen molar-refractivity contribution in [3.05, 3.63) is 41.9 Å². The third-order valence-electron chi connectivity index (χ3n) is 3.90. The number of amides is 1. The zero-order valence-electron chi connectivity index (χ0n) is 13.2. The summed E-state index contributed by atoms with van der Waals surface area (Å²) < 4.78 is 63.8. The van der Waals surface area contributed by atoms with Gasteiger partial charge in [-0.05, 0) is 12.1 Å². The maximum Gasteiger partial charge on any atom is 0.292 e. The van der Waals surface area contributed by atoms with E-state index in [1.54, 1.807) is 0 Å². The van der Waals surface area contributed by atoms with E-state index in [2.05, 4.69) is 0 Å². The van der Waals surface area contributed by atoms with Crippen LogP contribution in [0.1, 0.15) is 0 Å². The van der Waals surface area contributed by atoms with E-state index in [-0.39, 0.29) is 38.5 Å². The van der Waals surface area contributed by atoms with E-state index < -0.39 is 32.5 Å². The van der Waals surface area contributed by atoms with Gasteiger partial charge in [-0.3, -0.25) is 4.79 Å². The molecule has 3 rings (SSSR count). The summed E-state index contributed by atoms with van der Waals surface area (Å²) in [5, 5.41) is 0. The molecule has 0 spiro atoms. The van der Waals surface area contributed by atoms with Crippen LogP contribution < -0.4 is 0 Å². The predicted molar refractivity (Wildman–Crippen MR) is 81.7 cm³/mol. The first-order valence-electron chi connectivity index (χ1n) is 7.59. The molecular formula is C15H16F2N2O5S. The lowest BCUT2D eigenvalue weighted by molar-refractivity contribution is -0.133. The lowest BCUT2D eigenvalue weighted by Crippen LogP contribution is -2.51. The van der Waals surface area contributed by atoms with E-state index >= 15 is 0 Å². The van der Waals surface area contributed by atoms with Gasteiger partial charge in [0, 0.05) is 26.2 Å². The number of sulfonamides is 1. The zero-order chi connectivity index (χ0) is 18.0. The van der Waals surface area contributed by atoms with Crippen molar-refractivity contribution in [2.24, 2.45) is 0 Å². The van der Waals surface area contributed by atoms with Gasteiger partial charge < -0.3 is 14.4 Å². The molecule has 2 heterocycles. The van der Waals surface area contributed by atoms with Crippen LogP contribution in [-0.2, 0) is 24.3 Å². The Morgan fingerprint density at radius 2 is 1.68 bits per heavy atom. The third-order valence-corrected chi connectivity index (χ3v) is 5.85. The molecule has 0 unspecified atom stereocenters. The lowest BCUT2D eigenvalue weighted by Gasteiger charge is -2.34. The van der Waals surface area contributed by atoms with Gasteiger partial charge in [0.05, 0.1) is 0 Å². The molecule has 0 aliphatic carbocycles. The van der Waals surface area contributed by atoms with E-state index in [1.807, 2.05) is 0 Å². The van der Waals surface area contributed by atoms with Crippen LogP contribution in [0, 0.1) is 11.6 Å². The Morgan fingerprint density at radius 3 is 2.24 bits per heavy atom. The maximum absolute atomic E-state index is 13.8. The van der Waals surface area contributed by atoms with Crippen LogP contribution >= 0.6 is 0 Å². The highest BCUT2D eigenvalue weighted by molar-refractivity contribution is 7.89. The molecule has 0 aromatic heterocycles. The quantitative estimate of drug-likeness (QED) is 0.778. The van der Waals surface area contributed by atoms with Crippen LogP contribution in [0.25, 0.3) is 0 Å². The number of carbonyl (C=O) groups excluding carboxylic acids is 1. The van der Waals surface area contributed by atoms with Gasteiger partial charge in [-0.15, -0.1) is 0 Å². The summed E-state index contributed by atoms with van der Waals surface area (Å²) in [5.41, 5.74) is 0. The first kappa shape index (κ1) is 17.6. The highest BCUT2D eigenvalue weighted by Gasteiger charge is 2.35. The second kappa shape index (κ2) is 6.96. The molecule has 0 radical (unpaired) electrons. The molecule has 2 aliphatic heterocycles. The minimum absolute atomic E-state index is 0.0581. The molecule has 0 saturated carbocycles. The standard InChI is InChI=1S/C15H16F2N2O5S/c16-11-2-1-3-12(17)14(11)25(21,22)19-6-4-18(5-7-19)15(20)13-10-23-8-9-24-13/h1-3,10H,4-9H2. The van der Waals surface area contributed by atoms with E-state index in [0.29, 0.717) is 6.61 Å². The molecule has 1 fully saturated rings. The molecule has 10 heteroatoms. The summed E-state index contributed by atoms with van der Waals surface area (Å²) in [6.07, 6.45) is 1.23. The highest BCUT2D eigenvalue weighted by atomic mass is 32.2. The van der Waals surface area contributed by atoms with Crippen LogP contribution in [0.3, 0.4) is 0 Å². The first-order valence-corrected chi connectivity index (χ1v) is 9.03. The number of hydrogen-bond donors (Lipinski definition) is 0. The normalized spacial score (nSPS) is 19.0. The first-order chi connectivity index (χ1) is 11.9. The van der Waals surface area contributed by atoms with Crippen molar-refractivity contribution in [1.29, 1.82) is 0 Å². The van der Waals surface area contributed by atoms with Crippen LogP contribution in [-0.4, -0.2) is 62.9 Å². The average molecular weight is 374 g/mol. The maximum atomic E-state index is 13.8. The molecule has 7 nitrogen and oxygen atoms in total. The van der Waals surface area contributed by atoms with Gasteiger partial charge in [0.2, 0.25) is 15.8 Å². The summed E-state index contributed by atoms with van der Waals surface area (Å²) in [5.74, 6) is -2.63. The number of hydrogen-bond acceptors (Lipinski definition) is 5. The molecule has 136 valence electrons. The summed E-state index contributed by atoms with van der Waals surface area (Å²) in [6.45, 7) is 0.630. The largest absolute Gasteiger partial charge is 0.494 e. The zero-order valence-corrected chi connectivity index (χ0v) is 14.0. The summed E-state index contributed by atoms with van der Waals surface area (Å²) in [4.78, 5) is 12.7. The number of halogens is 2. The molecule has 0 atom stereocenters. The molecule has 1 aromatic carbocycles. The number of nitrogens with zero attached hydrogens (tertiary/aromatic N) is 2. The van der Waals surface area contributed by atoms with E-state index in [0.717, 1.165) is 22.5 Å². The highest BCUT2D eigenvalue weighted by Crippen LogP contribution is 2.24. The second-order valence-electron chi connectivity index (χ2n) is 5.45. The Bertz CT molecular complexity index is 784. The average Bonchev–Trinajstić information content (AvgIpc) is 2.61. The van der Waals surface area contributed by atoms with Crippen molar-refractivity contribution in [3.63, 3.8) is 0 Å². The van der Waals surface area contributed by atoms with Crippen LogP contribution in [0.4, 0.5) is 8.78 Å². The minimum atomic E-state index is -4.32. The van der Waals surface area contributed by atoms with E-state index in [9.17, 15) is 22.0 Å². The van der Waals surface area contributed by atoms with Gasteiger partial charge in [-0.1, -0.05) is 6.07 Å². The van der Waals surface area contributed by atoms with Crippen LogP contribution in [0.5, 0.6) is 0 Å². The van der Waals surface area contributed by atoms with Crippen molar-refractivity contribution < 1.29 is 31.5 Å². The summed E-state index contributed by atoms with van der Waals surface area (Å²) in [7, 11) is -4.32. The number of benzene rings is 1. The molecule has 0 N–H and O–H groups in total. The van der Waals surface area contributed by atoms with Gasteiger partial charge >= 0.3 is 0 Å². The van der Waals surface area contributed by atoms with Crippen molar-refractivity contribution in [3.8, 4) is 0 Å². The Balaban J connectivity index is 1.71. The number of ether oxygens (including phenoxy) is 2. The smallest absolute Gasteiger partial charge is 0.292 e. The Hall–Kier alpha value is -2.20. The molecular weight excluding hydrogens is 358 g/mol. The number of rotatable bonds is 3. The summed E-state index contributed by atoms with van der Waals surface area (Å²) in [6, 6.07) is 2.88. The summed E-state index contributed by atoms with van der Waals surface area (Å²) >= 11 is 0. The SMILES string of the molecule is O=C(C1=COCCO1)N1CCN(S(=O)(=O)c2c(F)cccc2F)CC1. The molecule has 2 aliphatic rings. The van der Waals surface area contributed by atoms with Gasteiger partial charge in [0.25, 0.3) is 5.91 Å². The Labute approximate surface area is 143 Å². The van der Waals surface area contributed by atoms with E-state index in [1.165, 1.54) is 11.2 Å². The number of piperazine rings is 1. The molecule has 1 saturated heterocycles. The van der Waals surface area contributed by atoms with Crippen molar-refractivity contribution in [2.45, 2.75) is 4.90 Å². The Morgan fingerprint density at radius 1 is 1.04 bits per heavy atom. The Kier molecular flexibility index (Phi) is 4.91. The second-order valence-corrected chi connectivity index (χ2v) is 7.32. The molecule has 1 amide bonds. The molecule has 25 heavy (non-hydrogen) atoms. The van der Waals surface area contributed by atoms with Crippen molar-refractivity contribution in [1.82, 2.24) is 9.21 Å². The van der Waals surface area contributed by atoms with Gasteiger partial charge in [-0.2, -0.15) is 4.31 Å².